The highest BCUT2D eigenvalue weighted by atomic mass is 35.5. The fourth-order valence-corrected chi connectivity index (χ4v) is 3.02. The molecule has 0 amide bonds. The third-order valence-electron chi connectivity index (χ3n) is 4.24. The van der Waals surface area contributed by atoms with Crippen LogP contribution in [0, 0.1) is 10.1 Å². The Kier molecular flexibility index (Phi) is 5.99. The average molecular weight is 413 g/mol. The van der Waals surface area contributed by atoms with Gasteiger partial charge in [0.1, 0.15) is 17.2 Å². The number of carbonyl (C=O) groups is 1. The standard InChI is InChI=1S/C21H17ClN2O5/c1-28-19-12-17(20(29-2)11-15(19)22)23-16-9-8-14(10-18(16)24(26)27)21(25)13-6-4-3-5-7-13/h3-12,23H,1-2H3. The van der Waals surface area contributed by atoms with E-state index in [9.17, 15) is 14.9 Å². The van der Waals surface area contributed by atoms with Gasteiger partial charge in [0.05, 0.1) is 29.9 Å². The van der Waals surface area contributed by atoms with Crippen LogP contribution in [0.4, 0.5) is 17.1 Å². The van der Waals surface area contributed by atoms with Gasteiger partial charge in [-0.05, 0) is 12.1 Å². The molecule has 0 unspecified atom stereocenters. The summed E-state index contributed by atoms with van der Waals surface area (Å²) in [5.74, 6) is 0.467. The summed E-state index contributed by atoms with van der Waals surface area (Å²) in [5, 5.41) is 14.9. The van der Waals surface area contributed by atoms with E-state index in [1.54, 1.807) is 42.5 Å². The molecular formula is C21H17ClN2O5. The van der Waals surface area contributed by atoms with E-state index in [0.717, 1.165) is 0 Å². The Labute approximate surface area is 172 Å². The third-order valence-corrected chi connectivity index (χ3v) is 4.53. The number of nitrogens with zero attached hydrogens (tertiary/aromatic N) is 1. The van der Waals surface area contributed by atoms with Crippen molar-refractivity contribution in [3.63, 3.8) is 0 Å². The van der Waals surface area contributed by atoms with Gasteiger partial charge in [-0.3, -0.25) is 14.9 Å². The summed E-state index contributed by atoms with van der Waals surface area (Å²) in [6, 6.07) is 16.0. The summed E-state index contributed by atoms with van der Waals surface area (Å²) < 4.78 is 10.5. The van der Waals surface area contributed by atoms with E-state index < -0.39 is 4.92 Å². The van der Waals surface area contributed by atoms with Gasteiger partial charge in [-0.25, -0.2) is 0 Å². The van der Waals surface area contributed by atoms with Crippen LogP contribution in [-0.2, 0) is 0 Å². The maximum absolute atomic E-state index is 12.6. The number of ether oxygens (including phenoxy) is 2. The summed E-state index contributed by atoms with van der Waals surface area (Å²) in [5.41, 5.74) is 1.05. The van der Waals surface area contributed by atoms with Crippen LogP contribution in [0.25, 0.3) is 0 Å². The van der Waals surface area contributed by atoms with Crippen molar-refractivity contribution in [2.45, 2.75) is 0 Å². The number of methoxy groups -OCH3 is 2. The number of ketones is 1. The number of nitrogens with one attached hydrogen (secondary N) is 1. The largest absolute Gasteiger partial charge is 0.495 e. The van der Waals surface area contributed by atoms with Crippen LogP contribution in [0.2, 0.25) is 5.02 Å². The zero-order chi connectivity index (χ0) is 21.0. The number of rotatable bonds is 7. The predicted molar refractivity (Wildman–Crippen MR) is 111 cm³/mol. The molecule has 0 aliphatic carbocycles. The highest BCUT2D eigenvalue weighted by Gasteiger charge is 2.20. The van der Waals surface area contributed by atoms with Crippen molar-refractivity contribution in [2.75, 3.05) is 19.5 Å². The first-order valence-corrected chi connectivity index (χ1v) is 8.89. The lowest BCUT2D eigenvalue weighted by atomic mass is 10.0. The van der Waals surface area contributed by atoms with E-state index in [0.29, 0.717) is 27.8 Å². The Bertz CT molecular complexity index is 1070. The first-order chi connectivity index (χ1) is 13.9. The van der Waals surface area contributed by atoms with E-state index >= 15 is 0 Å². The second kappa shape index (κ2) is 8.62. The molecule has 0 aromatic heterocycles. The van der Waals surface area contributed by atoms with Gasteiger partial charge in [-0.15, -0.1) is 0 Å². The molecular weight excluding hydrogens is 396 g/mol. The zero-order valence-corrected chi connectivity index (χ0v) is 16.4. The van der Waals surface area contributed by atoms with E-state index in [1.165, 1.54) is 32.4 Å². The number of carbonyl (C=O) groups excluding carboxylic acids is 1. The molecule has 29 heavy (non-hydrogen) atoms. The smallest absolute Gasteiger partial charge is 0.293 e. The summed E-state index contributed by atoms with van der Waals surface area (Å²) in [7, 11) is 2.92. The monoisotopic (exact) mass is 412 g/mol. The van der Waals surface area contributed by atoms with Crippen molar-refractivity contribution >= 4 is 34.4 Å². The van der Waals surface area contributed by atoms with Gasteiger partial charge in [0.2, 0.25) is 0 Å². The molecule has 3 aromatic carbocycles. The van der Waals surface area contributed by atoms with Crippen molar-refractivity contribution in [3.05, 3.63) is 86.9 Å². The highest BCUT2D eigenvalue weighted by molar-refractivity contribution is 6.32. The van der Waals surface area contributed by atoms with E-state index in [4.69, 9.17) is 21.1 Å². The van der Waals surface area contributed by atoms with Crippen LogP contribution in [-0.4, -0.2) is 24.9 Å². The van der Waals surface area contributed by atoms with E-state index in [-0.39, 0.29) is 22.7 Å². The molecule has 0 aliphatic rings. The first-order valence-electron chi connectivity index (χ1n) is 8.51. The molecule has 0 fully saturated rings. The minimum Gasteiger partial charge on any atom is -0.495 e. The molecule has 1 N–H and O–H groups in total. The predicted octanol–water partition coefficient (Wildman–Crippen LogP) is 5.24. The lowest BCUT2D eigenvalue weighted by Crippen LogP contribution is -2.04. The molecule has 0 saturated carbocycles. The van der Waals surface area contributed by atoms with Gasteiger partial charge < -0.3 is 14.8 Å². The Balaban J connectivity index is 2.01. The zero-order valence-electron chi connectivity index (χ0n) is 15.6. The molecule has 0 saturated heterocycles. The van der Waals surface area contributed by atoms with Crippen molar-refractivity contribution in [1.82, 2.24) is 0 Å². The van der Waals surface area contributed by atoms with Gasteiger partial charge >= 0.3 is 0 Å². The number of nitro groups is 1. The topological polar surface area (TPSA) is 90.7 Å². The van der Waals surface area contributed by atoms with Crippen molar-refractivity contribution in [3.8, 4) is 11.5 Å². The molecule has 0 heterocycles. The Morgan fingerprint density at radius 1 is 0.931 bits per heavy atom. The van der Waals surface area contributed by atoms with Crippen molar-refractivity contribution in [1.29, 1.82) is 0 Å². The molecule has 0 atom stereocenters. The lowest BCUT2D eigenvalue weighted by Gasteiger charge is -2.14. The van der Waals surface area contributed by atoms with Crippen molar-refractivity contribution < 1.29 is 19.2 Å². The molecule has 148 valence electrons. The van der Waals surface area contributed by atoms with Crippen LogP contribution < -0.4 is 14.8 Å². The second-order valence-electron chi connectivity index (χ2n) is 6.00. The maximum atomic E-state index is 12.6. The summed E-state index contributed by atoms with van der Waals surface area (Å²) >= 11 is 6.10. The SMILES string of the molecule is COc1cc(Nc2ccc(C(=O)c3ccccc3)cc2[N+](=O)[O-])c(OC)cc1Cl. The summed E-state index contributed by atoms with van der Waals surface area (Å²) in [6.07, 6.45) is 0. The fraction of sp³-hybridized carbons (Fsp3) is 0.0952. The first kappa shape index (κ1) is 20.2. The van der Waals surface area contributed by atoms with Crippen LogP contribution in [0.15, 0.2) is 60.7 Å². The Morgan fingerprint density at radius 3 is 2.24 bits per heavy atom. The normalized spacial score (nSPS) is 10.3. The number of halogens is 1. The fourth-order valence-electron chi connectivity index (χ4n) is 2.79. The molecule has 8 heteroatoms. The Hall–Kier alpha value is -3.58. The van der Waals surface area contributed by atoms with E-state index in [2.05, 4.69) is 5.32 Å². The number of hydrogen-bond donors (Lipinski definition) is 1. The second-order valence-corrected chi connectivity index (χ2v) is 6.40. The average Bonchev–Trinajstić information content (AvgIpc) is 2.74. The molecule has 3 rings (SSSR count). The molecule has 3 aromatic rings. The Morgan fingerprint density at radius 2 is 1.62 bits per heavy atom. The van der Waals surface area contributed by atoms with Gasteiger partial charge in [0.15, 0.2) is 5.78 Å². The van der Waals surface area contributed by atoms with Gasteiger partial charge in [0.25, 0.3) is 5.69 Å². The van der Waals surface area contributed by atoms with Crippen LogP contribution in [0.5, 0.6) is 11.5 Å². The van der Waals surface area contributed by atoms with Gasteiger partial charge in [-0.1, -0.05) is 41.9 Å². The molecule has 7 nitrogen and oxygen atoms in total. The van der Waals surface area contributed by atoms with Gasteiger partial charge in [-0.2, -0.15) is 0 Å². The van der Waals surface area contributed by atoms with Crippen LogP contribution in [0.1, 0.15) is 15.9 Å². The number of anilines is 2. The summed E-state index contributed by atoms with van der Waals surface area (Å²) in [4.78, 5) is 23.7. The van der Waals surface area contributed by atoms with Crippen LogP contribution in [0.3, 0.4) is 0 Å². The molecule has 0 aliphatic heterocycles. The van der Waals surface area contributed by atoms with E-state index in [1.807, 2.05) is 0 Å². The third kappa shape index (κ3) is 4.30. The molecule has 0 spiro atoms. The number of nitro benzene ring substituents is 1. The quantitative estimate of drug-likeness (QED) is 0.324. The lowest BCUT2D eigenvalue weighted by molar-refractivity contribution is -0.383. The highest BCUT2D eigenvalue weighted by Crippen LogP contribution is 2.39. The maximum Gasteiger partial charge on any atom is 0.293 e. The van der Waals surface area contributed by atoms with Gasteiger partial charge in [0, 0.05) is 29.3 Å². The van der Waals surface area contributed by atoms with Crippen molar-refractivity contribution in [2.24, 2.45) is 0 Å². The number of hydrogen-bond acceptors (Lipinski definition) is 6. The van der Waals surface area contributed by atoms with Crippen LogP contribution >= 0.6 is 11.6 Å². The minimum atomic E-state index is -0.552. The number of benzene rings is 3. The molecule has 0 bridgehead atoms. The minimum absolute atomic E-state index is 0.197. The molecule has 0 radical (unpaired) electrons. The summed E-state index contributed by atoms with van der Waals surface area (Å²) in [6.45, 7) is 0.